The molecule has 2 unspecified atom stereocenters. The summed E-state index contributed by atoms with van der Waals surface area (Å²) in [7, 11) is -1.31. The number of rotatable bonds is 7. The van der Waals surface area contributed by atoms with E-state index in [1.54, 1.807) is 0 Å². The van der Waals surface area contributed by atoms with Crippen molar-refractivity contribution < 1.29 is 19.9 Å². The topological polar surface area (TPSA) is 107 Å². The van der Waals surface area contributed by atoms with Gasteiger partial charge >= 0.3 is 13.1 Å². The third-order valence-electron chi connectivity index (χ3n) is 5.50. The molecule has 0 aromatic heterocycles. The molecule has 6 nitrogen and oxygen atoms in total. The number of carboxylic acids is 1. The van der Waals surface area contributed by atoms with E-state index in [2.05, 4.69) is 4.90 Å². The van der Waals surface area contributed by atoms with Gasteiger partial charge < -0.3 is 25.8 Å². The summed E-state index contributed by atoms with van der Waals surface area (Å²) in [6.07, 6.45) is 6.44. The van der Waals surface area contributed by atoms with Crippen LogP contribution in [0, 0.1) is 11.8 Å². The maximum atomic E-state index is 11.7. The first kappa shape index (κ1) is 17.7. The Kier molecular flexibility index (Phi) is 6.26. The van der Waals surface area contributed by atoms with Crippen molar-refractivity contribution in [1.82, 2.24) is 4.90 Å². The zero-order valence-corrected chi connectivity index (χ0v) is 13.3. The van der Waals surface area contributed by atoms with Gasteiger partial charge in [0.2, 0.25) is 0 Å². The predicted octanol–water partition coefficient (Wildman–Crippen LogP) is 0.534. The minimum atomic E-state index is -1.31. The van der Waals surface area contributed by atoms with Crippen LogP contribution in [0.1, 0.15) is 44.9 Å². The van der Waals surface area contributed by atoms with Crippen molar-refractivity contribution >= 4 is 13.1 Å². The van der Waals surface area contributed by atoms with Crippen molar-refractivity contribution in [1.29, 1.82) is 0 Å². The maximum absolute atomic E-state index is 11.7. The summed E-state index contributed by atoms with van der Waals surface area (Å²) in [6, 6.07) is 0. The highest BCUT2D eigenvalue weighted by atomic mass is 16.4. The quantitative estimate of drug-likeness (QED) is 0.511. The zero-order chi connectivity index (χ0) is 16.2. The smallest absolute Gasteiger partial charge is 0.451 e. The summed E-state index contributed by atoms with van der Waals surface area (Å²) < 4.78 is 0. The first-order chi connectivity index (χ1) is 10.4. The van der Waals surface area contributed by atoms with Gasteiger partial charge in [-0.25, -0.2) is 0 Å². The number of carboxylic acid groups (broad SMARTS) is 1. The Morgan fingerprint density at radius 2 is 1.91 bits per heavy atom. The summed E-state index contributed by atoms with van der Waals surface area (Å²) in [5.41, 5.74) is 5.12. The highest BCUT2D eigenvalue weighted by Crippen LogP contribution is 2.40. The Morgan fingerprint density at radius 3 is 2.50 bits per heavy atom. The maximum Gasteiger partial charge on any atom is 0.451 e. The van der Waals surface area contributed by atoms with Crippen LogP contribution < -0.4 is 5.73 Å². The molecule has 1 saturated heterocycles. The predicted molar refractivity (Wildman–Crippen MR) is 85.3 cm³/mol. The van der Waals surface area contributed by atoms with E-state index in [4.69, 9.17) is 15.8 Å². The lowest BCUT2D eigenvalue weighted by Crippen LogP contribution is -2.58. The van der Waals surface area contributed by atoms with Gasteiger partial charge in [-0.3, -0.25) is 4.79 Å². The Balaban J connectivity index is 1.90. The Morgan fingerprint density at radius 1 is 1.23 bits per heavy atom. The number of aliphatic carboxylic acids is 1. The van der Waals surface area contributed by atoms with Gasteiger partial charge in [0, 0.05) is 0 Å². The van der Waals surface area contributed by atoms with Crippen LogP contribution >= 0.6 is 0 Å². The van der Waals surface area contributed by atoms with E-state index in [0.29, 0.717) is 19.2 Å². The summed E-state index contributed by atoms with van der Waals surface area (Å²) in [5, 5.41) is 27.6. The van der Waals surface area contributed by atoms with Crippen LogP contribution in [0.3, 0.4) is 0 Å². The second-order valence-corrected chi connectivity index (χ2v) is 7.09. The third-order valence-corrected chi connectivity index (χ3v) is 5.50. The summed E-state index contributed by atoms with van der Waals surface area (Å²) in [4.78, 5) is 14.1. The highest BCUT2D eigenvalue weighted by Gasteiger charge is 2.46. The summed E-state index contributed by atoms with van der Waals surface area (Å²) in [6.45, 7) is 3.18. The molecule has 2 aliphatic rings. The SMILES string of the molecule is NC1(C(=O)O)C[C@H](CCB(O)O)CCC1CCN1CCCC1. The molecule has 3 atom stereocenters. The molecule has 0 aromatic carbocycles. The lowest BCUT2D eigenvalue weighted by Gasteiger charge is -2.42. The number of nitrogens with zero attached hydrogens (tertiary/aromatic N) is 1. The fourth-order valence-electron chi connectivity index (χ4n) is 4.08. The molecule has 0 spiro atoms. The average molecular weight is 312 g/mol. The van der Waals surface area contributed by atoms with E-state index in [9.17, 15) is 9.90 Å². The lowest BCUT2D eigenvalue weighted by molar-refractivity contribution is -0.148. The molecule has 0 bridgehead atoms. The number of hydrogen-bond donors (Lipinski definition) is 4. The molecular weight excluding hydrogens is 283 g/mol. The largest absolute Gasteiger partial charge is 0.480 e. The lowest BCUT2D eigenvalue weighted by atomic mass is 9.65. The molecule has 0 radical (unpaired) electrons. The highest BCUT2D eigenvalue weighted by molar-refractivity contribution is 6.40. The first-order valence-corrected chi connectivity index (χ1v) is 8.52. The van der Waals surface area contributed by atoms with Crippen LogP contribution in [0.15, 0.2) is 0 Å². The molecule has 5 N–H and O–H groups in total. The van der Waals surface area contributed by atoms with Crippen molar-refractivity contribution in [2.24, 2.45) is 17.6 Å². The van der Waals surface area contributed by atoms with Crippen LogP contribution in [0.5, 0.6) is 0 Å². The van der Waals surface area contributed by atoms with E-state index in [1.165, 1.54) is 12.8 Å². The van der Waals surface area contributed by atoms with Gasteiger partial charge in [0.25, 0.3) is 0 Å². The van der Waals surface area contributed by atoms with Gasteiger partial charge in [-0.15, -0.1) is 0 Å². The Labute approximate surface area is 132 Å². The van der Waals surface area contributed by atoms with E-state index >= 15 is 0 Å². The molecule has 1 aliphatic carbocycles. The van der Waals surface area contributed by atoms with Gasteiger partial charge in [-0.1, -0.05) is 12.8 Å². The van der Waals surface area contributed by atoms with Gasteiger partial charge in [0.15, 0.2) is 0 Å². The van der Waals surface area contributed by atoms with Crippen LogP contribution in [-0.2, 0) is 4.79 Å². The second kappa shape index (κ2) is 7.77. The number of hydrogen-bond acceptors (Lipinski definition) is 5. The Hall–Kier alpha value is -0.625. The summed E-state index contributed by atoms with van der Waals surface area (Å²) >= 11 is 0. The minimum Gasteiger partial charge on any atom is -0.480 e. The molecular formula is C15H29BN2O4. The molecule has 2 rings (SSSR count). The van der Waals surface area contributed by atoms with E-state index < -0.39 is 18.6 Å². The number of carbonyl (C=O) groups is 1. The van der Waals surface area contributed by atoms with Crippen molar-refractivity contribution in [3.05, 3.63) is 0 Å². The standard InChI is InChI=1S/C15H29BN2O4/c17-15(14(19)20)11-12(5-7-16(21)22)3-4-13(15)6-10-18-8-1-2-9-18/h12-13,21-22H,1-11,17H2,(H,19,20)/t12-,13?,15?/m0/s1. The van der Waals surface area contributed by atoms with E-state index in [1.807, 2.05) is 0 Å². The normalized spacial score (nSPS) is 33.0. The van der Waals surface area contributed by atoms with Gasteiger partial charge in [0.05, 0.1) is 0 Å². The van der Waals surface area contributed by atoms with Crippen molar-refractivity contribution in [2.45, 2.75) is 56.8 Å². The van der Waals surface area contributed by atoms with Gasteiger partial charge in [0.1, 0.15) is 5.54 Å². The average Bonchev–Trinajstić information content (AvgIpc) is 2.97. The molecule has 0 aromatic rings. The first-order valence-electron chi connectivity index (χ1n) is 8.52. The zero-order valence-electron chi connectivity index (χ0n) is 13.3. The van der Waals surface area contributed by atoms with Crippen molar-refractivity contribution in [3.63, 3.8) is 0 Å². The number of nitrogens with two attached hydrogens (primary N) is 1. The second-order valence-electron chi connectivity index (χ2n) is 7.09. The molecule has 22 heavy (non-hydrogen) atoms. The fourth-order valence-corrected chi connectivity index (χ4v) is 4.08. The molecule has 0 amide bonds. The molecule has 1 aliphatic heterocycles. The third kappa shape index (κ3) is 4.44. The van der Waals surface area contributed by atoms with Crippen molar-refractivity contribution in [2.75, 3.05) is 19.6 Å². The molecule has 2 fully saturated rings. The molecule has 126 valence electrons. The summed E-state index contributed by atoms with van der Waals surface area (Å²) in [5.74, 6) is -0.722. The van der Waals surface area contributed by atoms with E-state index in [0.717, 1.165) is 38.9 Å². The Bertz CT molecular complexity index is 377. The molecule has 1 saturated carbocycles. The van der Waals surface area contributed by atoms with E-state index in [-0.39, 0.29) is 11.8 Å². The minimum absolute atomic E-state index is 0.0147. The van der Waals surface area contributed by atoms with Crippen LogP contribution in [-0.4, -0.2) is 58.3 Å². The van der Waals surface area contributed by atoms with Crippen LogP contribution in [0.2, 0.25) is 6.32 Å². The van der Waals surface area contributed by atoms with Crippen LogP contribution in [0.25, 0.3) is 0 Å². The fraction of sp³-hybridized carbons (Fsp3) is 0.933. The van der Waals surface area contributed by atoms with Crippen molar-refractivity contribution in [3.8, 4) is 0 Å². The van der Waals surface area contributed by atoms with Gasteiger partial charge in [-0.2, -0.15) is 0 Å². The van der Waals surface area contributed by atoms with Crippen LogP contribution in [0.4, 0.5) is 0 Å². The molecule has 1 heterocycles. The molecule has 7 heteroatoms. The monoisotopic (exact) mass is 312 g/mol. The van der Waals surface area contributed by atoms with Gasteiger partial charge in [-0.05, 0) is 69.9 Å². The number of likely N-dealkylation sites (tertiary alicyclic amines) is 1.